The van der Waals surface area contributed by atoms with Gasteiger partial charge in [-0.2, -0.15) is 0 Å². The molecule has 0 aromatic heterocycles. The zero-order chi connectivity index (χ0) is 15.9. The molecule has 0 radical (unpaired) electrons. The summed E-state index contributed by atoms with van der Waals surface area (Å²) in [7, 11) is 2.34. The largest absolute Gasteiger partial charge is 0.316 e. The molecule has 0 aromatic carbocycles. The molecule has 2 nitrogen and oxygen atoms in total. The van der Waals surface area contributed by atoms with Gasteiger partial charge in [-0.15, -0.1) is 0 Å². The van der Waals surface area contributed by atoms with Crippen LogP contribution in [-0.4, -0.2) is 37.6 Å². The van der Waals surface area contributed by atoms with Gasteiger partial charge in [0.25, 0.3) is 0 Å². The topological polar surface area (TPSA) is 15.3 Å². The highest BCUT2D eigenvalue weighted by atomic mass is 15.1. The molecule has 1 N–H and O–H groups in total. The van der Waals surface area contributed by atoms with Crippen LogP contribution in [0, 0.1) is 17.3 Å². The number of hydrogen-bond donors (Lipinski definition) is 1. The standard InChI is InChI=1S/C19H40N2/c1-16(2)12-18(5)21(6)15-19(10-8-7-9-11-19)14-20-13-17(3)4/h16-18,20H,7-15H2,1-6H3. The fourth-order valence-corrected chi connectivity index (χ4v) is 3.87. The molecule has 126 valence electrons. The van der Waals surface area contributed by atoms with E-state index in [1.165, 1.54) is 51.6 Å². The van der Waals surface area contributed by atoms with Gasteiger partial charge in [0.05, 0.1) is 0 Å². The highest BCUT2D eigenvalue weighted by molar-refractivity contribution is 4.88. The van der Waals surface area contributed by atoms with Gasteiger partial charge in [-0.05, 0) is 57.0 Å². The van der Waals surface area contributed by atoms with Crippen LogP contribution in [0.1, 0.15) is 73.1 Å². The normalized spacial score (nSPS) is 20.4. The minimum Gasteiger partial charge on any atom is -0.316 e. The molecule has 1 rings (SSSR count). The summed E-state index contributed by atoms with van der Waals surface area (Å²) in [5.41, 5.74) is 0.521. The van der Waals surface area contributed by atoms with Crippen molar-refractivity contribution in [3.63, 3.8) is 0 Å². The second kappa shape index (κ2) is 9.15. The maximum Gasteiger partial charge on any atom is 0.00665 e. The molecular weight excluding hydrogens is 256 g/mol. The highest BCUT2D eigenvalue weighted by Crippen LogP contribution is 2.37. The van der Waals surface area contributed by atoms with E-state index >= 15 is 0 Å². The van der Waals surface area contributed by atoms with Gasteiger partial charge in [-0.1, -0.05) is 47.0 Å². The van der Waals surface area contributed by atoms with Crippen LogP contribution >= 0.6 is 0 Å². The Balaban J connectivity index is 2.55. The molecule has 0 saturated heterocycles. The van der Waals surface area contributed by atoms with Crippen molar-refractivity contribution < 1.29 is 0 Å². The highest BCUT2D eigenvalue weighted by Gasteiger charge is 2.33. The number of nitrogens with one attached hydrogen (secondary N) is 1. The monoisotopic (exact) mass is 296 g/mol. The van der Waals surface area contributed by atoms with Gasteiger partial charge in [0.15, 0.2) is 0 Å². The first-order valence-electron chi connectivity index (χ1n) is 9.25. The van der Waals surface area contributed by atoms with Gasteiger partial charge >= 0.3 is 0 Å². The third kappa shape index (κ3) is 7.15. The third-order valence-electron chi connectivity index (χ3n) is 5.12. The summed E-state index contributed by atoms with van der Waals surface area (Å²) in [4.78, 5) is 2.63. The molecule has 2 heteroatoms. The molecular formula is C19H40N2. The third-order valence-corrected chi connectivity index (χ3v) is 5.12. The van der Waals surface area contributed by atoms with Crippen molar-refractivity contribution in [1.29, 1.82) is 0 Å². The van der Waals surface area contributed by atoms with E-state index in [0.29, 0.717) is 11.5 Å². The lowest BCUT2D eigenvalue weighted by Crippen LogP contribution is -2.47. The zero-order valence-electron chi connectivity index (χ0n) is 15.5. The van der Waals surface area contributed by atoms with Crippen LogP contribution < -0.4 is 5.32 Å². The summed E-state index contributed by atoms with van der Waals surface area (Å²) >= 11 is 0. The molecule has 0 amide bonds. The lowest BCUT2D eigenvalue weighted by atomic mass is 9.73. The van der Waals surface area contributed by atoms with Crippen LogP contribution in [0.4, 0.5) is 0 Å². The van der Waals surface area contributed by atoms with Crippen LogP contribution in [0.15, 0.2) is 0 Å². The van der Waals surface area contributed by atoms with Crippen LogP contribution in [0.2, 0.25) is 0 Å². The Kier molecular flexibility index (Phi) is 8.26. The lowest BCUT2D eigenvalue weighted by Gasteiger charge is -2.42. The van der Waals surface area contributed by atoms with Crippen LogP contribution in [0.3, 0.4) is 0 Å². The van der Waals surface area contributed by atoms with Crippen molar-refractivity contribution >= 4 is 0 Å². The Hall–Kier alpha value is -0.0800. The van der Waals surface area contributed by atoms with Crippen molar-refractivity contribution in [3.8, 4) is 0 Å². The quantitative estimate of drug-likeness (QED) is 0.671. The van der Waals surface area contributed by atoms with E-state index in [1.807, 2.05) is 0 Å². The van der Waals surface area contributed by atoms with Gasteiger partial charge in [-0.25, -0.2) is 0 Å². The van der Waals surface area contributed by atoms with E-state index in [1.54, 1.807) is 0 Å². The van der Waals surface area contributed by atoms with E-state index in [0.717, 1.165) is 18.4 Å². The Bertz CT molecular complexity index is 267. The van der Waals surface area contributed by atoms with Gasteiger partial charge in [0.2, 0.25) is 0 Å². The summed E-state index contributed by atoms with van der Waals surface area (Å²) < 4.78 is 0. The molecule has 0 heterocycles. The van der Waals surface area contributed by atoms with Crippen LogP contribution in [-0.2, 0) is 0 Å². The predicted molar refractivity (Wildman–Crippen MR) is 94.8 cm³/mol. The van der Waals surface area contributed by atoms with Crippen LogP contribution in [0.5, 0.6) is 0 Å². The smallest absolute Gasteiger partial charge is 0.00665 e. The fraction of sp³-hybridized carbons (Fsp3) is 1.00. The van der Waals surface area contributed by atoms with Crippen molar-refractivity contribution in [2.75, 3.05) is 26.7 Å². The molecule has 0 aliphatic heterocycles. The Morgan fingerprint density at radius 3 is 2.10 bits per heavy atom. The van der Waals surface area contributed by atoms with E-state index in [-0.39, 0.29) is 0 Å². The molecule has 1 saturated carbocycles. The Morgan fingerprint density at radius 2 is 1.57 bits per heavy atom. The number of hydrogen-bond acceptors (Lipinski definition) is 2. The van der Waals surface area contributed by atoms with Crippen molar-refractivity contribution in [2.24, 2.45) is 17.3 Å². The molecule has 0 aromatic rings. The first-order chi connectivity index (χ1) is 9.84. The fourth-order valence-electron chi connectivity index (χ4n) is 3.87. The van der Waals surface area contributed by atoms with Gasteiger partial charge in [0, 0.05) is 19.1 Å². The second-order valence-corrected chi connectivity index (χ2v) is 8.48. The summed E-state index contributed by atoms with van der Waals surface area (Å²) in [6.45, 7) is 15.3. The van der Waals surface area contributed by atoms with Crippen LogP contribution in [0.25, 0.3) is 0 Å². The van der Waals surface area contributed by atoms with E-state index in [2.05, 4.69) is 51.9 Å². The van der Waals surface area contributed by atoms with Gasteiger partial charge in [-0.3, -0.25) is 0 Å². The van der Waals surface area contributed by atoms with E-state index in [9.17, 15) is 0 Å². The second-order valence-electron chi connectivity index (χ2n) is 8.48. The summed E-state index contributed by atoms with van der Waals surface area (Å²) in [6.07, 6.45) is 8.43. The molecule has 1 aliphatic carbocycles. The molecule has 1 aliphatic rings. The molecule has 1 unspecified atom stereocenters. The first kappa shape index (κ1) is 19.0. The van der Waals surface area contributed by atoms with Crippen molar-refractivity contribution in [3.05, 3.63) is 0 Å². The van der Waals surface area contributed by atoms with E-state index in [4.69, 9.17) is 0 Å². The van der Waals surface area contributed by atoms with E-state index < -0.39 is 0 Å². The summed E-state index contributed by atoms with van der Waals surface area (Å²) in [5.74, 6) is 1.55. The molecule has 21 heavy (non-hydrogen) atoms. The predicted octanol–water partition coefficient (Wildman–Crippen LogP) is 4.55. The van der Waals surface area contributed by atoms with Gasteiger partial charge < -0.3 is 10.2 Å². The minimum absolute atomic E-state index is 0.521. The molecule has 0 spiro atoms. The Morgan fingerprint density at radius 1 is 0.952 bits per heavy atom. The average Bonchev–Trinajstić information content (AvgIpc) is 2.38. The molecule has 1 atom stereocenters. The maximum atomic E-state index is 3.75. The van der Waals surface area contributed by atoms with Gasteiger partial charge in [0.1, 0.15) is 0 Å². The Labute approximate surface area is 134 Å². The van der Waals surface area contributed by atoms with Crippen molar-refractivity contribution in [2.45, 2.75) is 79.2 Å². The van der Waals surface area contributed by atoms with Crippen molar-refractivity contribution in [1.82, 2.24) is 10.2 Å². The number of nitrogens with zero attached hydrogens (tertiary/aromatic N) is 1. The summed E-state index contributed by atoms with van der Waals surface area (Å²) in [5, 5.41) is 3.75. The maximum absolute atomic E-state index is 3.75. The molecule has 0 bridgehead atoms. The first-order valence-corrected chi connectivity index (χ1v) is 9.25. The average molecular weight is 297 g/mol. The lowest BCUT2D eigenvalue weighted by molar-refractivity contribution is 0.0902. The summed E-state index contributed by atoms with van der Waals surface area (Å²) in [6, 6.07) is 0.703. The molecule has 1 fully saturated rings. The SMILES string of the molecule is CC(C)CNCC1(CN(C)C(C)CC(C)C)CCCCC1. The number of rotatable bonds is 9. The minimum atomic E-state index is 0.521. The zero-order valence-corrected chi connectivity index (χ0v) is 15.5.